The SMILES string of the molecule is CCCC1=C(Cc2ccc(-c3ccccc3-c3noc(=O)[nH]3)c(C)c2)CN([C@H]2CC[C@H](OCC(C)(C)O)CC2)c2nc(C)nn21. The number of nitrogens with one attached hydrogen (secondary N) is 1. The van der Waals surface area contributed by atoms with Crippen molar-refractivity contribution in [3.05, 3.63) is 75.5 Å². The number of fused-ring (bicyclic) bond motifs is 1. The lowest BCUT2D eigenvalue weighted by Gasteiger charge is -2.40. The second-order valence-electron chi connectivity index (χ2n) is 13.2. The van der Waals surface area contributed by atoms with E-state index in [4.69, 9.17) is 19.3 Å². The topological polar surface area (TPSA) is 122 Å². The molecule has 45 heavy (non-hydrogen) atoms. The second kappa shape index (κ2) is 12.8. The molecule has 0 bridgehead atoms. The molecule has 3 heterocycles. The third kappa shape index (κ3) is 6.82. The normalized spacial score (nSPS) is 18.8. The van der Waals surface area contributed by atoms with Gasteiger partial charge in [0.15, 0.2) is 5.82 Å². The molecule has 4 aromatic rings. The predicted molar refractivity (Wildman–Crippen MR) is 175 cm³/mol. The minimum atomic E-state index is -0.815. The minimum Gasteiger partial charge on any atom is -0.388 e. The summed E-state index contributed by atoms with van der Waals surface area (Å²) >= 11 is 0. The Labute approximate surface area is 264 Å². The van der Waals surface area contributed by atoms with E-state index in [2.05, 4.69) is 51.8 Å². The third-order valence-corrected chi connectivity index (χ3v) is 8.84. The van der Waals surface area contributed by atoms with E-state index >= 15 is 0 Å². The van der Waals surface area contributed by atoms with Gasteiger partial charge < -0.3 is 14.7 Å². The second-order valence-corrected chi connectivity index (χ2v) is 13.2. The van der Waals surface area contributed by atoms with Crippen LogP contribution >= 0.6 is 0 Å². The summed E-state index contributed by atoms with van der Waals surface area (Å²) in [4.78, 5) is 21.7. The zero-order valence-corrected chi connectivity index (χ0v) is 27.0. The number of hydrogen-bond acceptors (Lipinski definition) is 8. The summed E-state index contributed by atoms with van der Waals surface area (Å²) in [7, 11) is 0. The van der Waals surface area contributed by atoms with Crippen molar-refractivity contribution in [2.24, 2.45) is 0 Å². The van der Waals surface area contributed by atoms with Crippen LogP contribution in [-0.4, -0.2) is 60.9 Å². The van der Waals surface area contributed by atoms with Gasteiger partial charge in [0, 0.05) is 23.8 Å². The van der Waals surface area contributed by atoms with Crippen LogP contribution in [0.5, 0.6) is 0 Å². The van der Waals surface area contributed by atoms with E-state index in [1.807, 2.05) is 31.2 Å². The molecule has 2 N–H and O–H groups in total. The van der Waals surface area contributed by atoms with Gasteiger partial charge in [-0.3, -0.25) is 9.51 Å². The quantitative estimate of drug-likeness (QED) is 0.221. The van der Waals surface area contributed by atoms with Gasteiger partial charge in [-0.2, -0.15) is 10.1 Å². The maximum atomic E-state index is 11.6. The number of hydrogen-bond donors (Lipinski definition) is 2. The van der Waals surface area contributed by atoms with Crippen molar-refractivity contribution >= 4 is 11.6 Å². The van der Waals surface area contributed by atoms with E-state index in [1.54, 1.807) is 13.8 Å². The van der Waals surface area contributed by atoms with Crippen LogP contribution in [0.4, 0.5) is 5.95 Å². The molecule has 10 nitrogen and oxygen atoms in total. The summed E-state index contributed by atoms with van der Waals surface area (Å²) in [6.45, 7) is 11.1. The van der Waals surface area contributed by atoms with E-state index in [0.717, 1.165) is 85.5 Å². The van der Waals surface area contributed by atoms with Gasteiger partial charge in [-0.05, 0) is 94.0 Å². The van der Waals surface area contributed by atoms with Crippen molar-refractivity contribution in [2.75, 3.05) is 18.1 Å². The molecule has 2 aromatic carbocycles. The van der Waals surface area contributed by atoms with Gasteiger partial charge in [0.25, 0.3) is 0 Å². The standard InChI is InChI=1S/C35H44N6O4/c1-6-9-31-25(19-24-12-17-28(22(2)18-24)29-10-7-8-11-30(29)32-37-34(42)45-39-32)20-40(33-36-23(3)38-41(31)33)26-13-15-27(16-14-26)44-21-35(4,5)43/h7-8,10-12,17-18,26-27,43H,6,9,13-16,19-21H2,1-5H3,(H,37,39,42)/t26-,27-. The smallest absolute Gasteiger partial charge is 0.388 e. The molecule has 0 saturated heterocycles. The summed E-state index contributed by atoms with van der Waals surface area (Å²) in [5.74, 6) is 1.60. The molecule has 6 rings (SSSR count). The van der Waals surface area contributed by atoms with Gasteiger partial charge in [-0.25, -0.2) is 9.48 Å². The fourth-order valence-corrected chi connectivity index (χ4v) is 6.76. The first-order valence-electron chi connectivity index (χ1n) is 16.1. The van der Waals surface area contributed by atoms with Gasteiger partial charge in [-0.15, -0.1) is 0 Å². The number of benzene rings is 2. The number of ether oxygens (including phenoxy) is 1. The number of H-pyrrole nitrogens is 1. The summed E-state index contributed by atoms with van der Waals surface area (Å²) in [6, 6.07) is 14.9. The van der Waals surface area contributed by atoms with Gasteiger partial charge in [-0.1, -0.05) is 61.0 Å². The Balaban J connectivity index is 1.26. The molecule has 1 saturated carbocycles. The molecule has 2 aromatic heterocycles. The first-order valence-corrected chi connectivity index (χ1v) is 16.1. The van der Waals surface area contributed by atoms with Crippen LogP contribution in [0.1, 0.15) is 76.2 Å². The molecule has 0 amide bonds. The van der Waals surface area contributed by atoms with Crippen LogP contribution in [0.2, 0.25) is 0 Å². The maximum absolute atomic E-state index is 11.6. The van der Waals surface area contributed by atoms with Crippen LogP contribution in [0, 0.1) is 13.8 Å². The van der Waals surface area contributed by atoms with Crippen molar-refractivity contribution < 1.29 is 14.4 Å². The highest BCUT2D eigenvalue weighted by Gasteiger charge is 2.34. The highest BCUT2D eigenvalue weighted by atomic mass is 16.5. The summed E-state index contributed by atoms with van der Waals surface area (Å²) in [6.07, 6.45) is 6.94. The number of allylic oxidation sites excluding steroid dienone is 1. The zero-order valence-electron chi connectivity index (χ0n) is 27.0. The molecular formula is C35H44N6O4. The molecule has 0 unspecified atom stereocenters. The number of aromatic amines is 1. The number of nitrogens with zero attached hydrogens (tertiary/aromatic N) is 5. The van der Waals surface area contributed by atoms with Gasteiger partial charge >= 0.3 is 5.76 Å². The van der Waals surface area contributed by atoms with E-state index in [0.29, 0.717) is 18.5 Å². The molecule has 1 fully saturated rings. The number of aliphatic hydroxyl groups is 1. The van der Waals surface area contributed by atoms with Gasteiger partial charge in [0.2, 0.25) is 5.95 Å². The first kappa shape index (κ1) is 31.0. The predicted octanol–water partition coefficient (Wildman–Crippen LogP) is 6.08. The van der Waals surface area contributed by atoms with Crippen molar-refractivity contribution in [2.45, 2.75) is 97.3 Å². The molecule has 2 aliphatic rings. The van der Waals surface area contributed by atoms with E-state index in [-0.39, 0.29) is 6.10 Å². The van der Waals surface area contributed by atoms with E-state index < -0.39 is 11.4 Å². The summed E-state index contributed by atoms with van der Waals surface area (Å²) in [5.41, 5.74) is 7.12. The van der Waals surface area contributed by atoms with Crippen molar-refractivity contribution in [3.8, 4) is 22.5 Å². The molecule has 10 heteroatoms. The van der Waals surface area contributed by atoms with Crippen LogP contribution in [0.25, 0.3) is 28.2 Å². The Hall–Kier alpha value is -4.02. The molecule has 0 radical (unpaired) electrons. The van der Waals surface area contributed by atoms with E-state index in [1.165, 1.54) is 16.8 Å². The van der Waals surface area contributed by atoms with Crippen LogP contribution in [-0.2, 0) is 11.2 Å². The Morgan fingerprint density at radius 2 is 1.82 bits per heavy atom. The van der Waals surface area contributed by atoms with E-state index in [9.17, 15) is 9.90 Å². The molecule has 1 aliphatic carbocycles. The first-order chi connectivity index (χ1) is 21.6. The summed E-state index contributed by atoms with van der Waals surface area (Å²) < 4.78 is 12.9. The largest absolute Gasteiger partial charge is 0.439 e. The molecular weight excluding hydrogens is 568 g/mol. The average molecular weight is 613 g/mol. The number of rotatable bonds is 10. The highest BCUT2D eigenvalue weighted by molar-refractivity contribution is 5.82. The highest BCUT2D eigenvalue weighted by Crippen LogP contribution is 2.37. The Morgan fingerprint density at radius 1 is 1.07 bits per heavy atom. The number of anilines is 1. The summed E-state index contributed by atoms with van der Waals surface area (Å²) in [5, 5.41) is 18.9. The molecule has 1 aliphatic heterocycles. The fraction of sp³-hybridized carbons (Fsp3) is 0.486. The Bertz CT molecular complexity index is 1730. The lowest BCUT2D eigenvalue weighted by molar-refractivity contribution is -0.0636. The lowest BCUT2D eigenvalue weighted by atomic mass is 9.89. The Kier molecular flexibility index (Phi) is 8.79. The van der Waals surface area contributed by atoms with Crippen molar-refractivity contribution in [1.82, 2.24) is 24.9 Å². The van der Waals surface area contributed by atoms with Crippen molar-refractivity contribution in [1.29, 1.82) is 0 Å². The fourth-order valence-electron chi connectivity index (χ4n) is 6.76. The zero-order chi connectivity index (χ0) is 31.7. The van der Waals surface area contributed by atoms with Gasteiger partial charge in [0.05, 0.1) is 18.3 Å². The lowest BCUT2D eigenvalue weighted by Crippen LogP contribution is -2.45. The monoisotopic (exact) mass is 612 g/mol. The minimum absolute atomic E-state index is 0.180. The maximum Gasteiger partial charge on any atom is 0.439 e. The third-order valence-electron chi connectivity index (χ3n) is 8.84. The molecule has 0 spiro atoms. The number of aryl methyl sites for hydroxylation is 2. The Morgan fingerprint density at radius 3 is 2.49 bits per heavy atom. The molecule has 0 atom stereocenters. The number of aromatic nitrogens is 5. The van der Waals surface area contributed by atoms with Crippen LogP contribution in [0.3, 0.4) is 0 Å². The molecule has 238 valence electrons. The van der Waals surface area contributed by atoms with Gasteiger partial charge in [0.1, 0.15) is 5.82 Å². The van der Waals surface area contributed by atoms with Crippen LogP contribution < -0.4 is 10.7 Å². The van der Waals surface area contributed by atoms with Crippen molar-refractivity contribution in [3.63, 3.8) is 0 Å². The van der Waals surface area contributed by atoms with Crippen LogP contribution in [0.15, 0.2) is 57.4 Å². The average Bonchev–Trinajstić information content (AvgIpc) is 3.62.